The molecule has 2 nitrogen and oxygen atoms in total. The van der Waals surface area contributed by atoms with Crippen molar-refractivity contribution in [2.24, 2.45) is 5.92 Å². The summed E-state index contributed by atoms with van der Waals surface area (Å²) < 4.78 is 15.2. The van der Waals surface area contributed by atoms with Crippen LogP contribution in [-0.4, -0.2) is 17.7 Å². The Morgan fingerprint density at radius 1 is 1.22 bits per heavy atom. The predicted octanol–water partition coefficient (Wildman–Crippen LogP) is 3.42. The average molecular weight is 248 g/mol. The summed E-state index contributed by atoms with van der Waals surface area (Å²) >= 11 is 0. The summed E-state index contributed by atoms with van der Waals surface area (Å²) in [5, 5.41) is 4.41. The minimum Gasteiger partial charge on any atom is -0.346 e. The maximum Gasteiger partial charge on any atom is 0.123 e. The fourth-order valence-corrected chi connectivity index (χ4v) is 2.08. The zero-order valence-corrected chi connectivity index (χ0v) is 11.1. The molecule has 0 saturated heterocycles. The van der Waals surface area contributed by atoms with Crippen LogP contribution in [0.2, 0.25) is 0 Å². The number of benzene rings is 1. The fourth-order valence-electron chi connectivity index (χ4n) is 2.08. The Morgan fingerprint density at radius 2 is 2.06 bits per heavy atom. The SMILES string of the molecule is CC(C)CCNCCn1ccc2cc(F)ccc21. The molecule has 2 rings (SSSR count). The van der Waals surface area contributed by atoms with Crippen molar-refractivity contribution < 1.29 is 4.39 Å². The van der Waals surface area contributed by atoms with E-state index in [0.717, 1.165) is 36.5 Å². The zero-order chi connectivity index (χ0) is 13.0. The van der Waals surface area contributed by atoms with E-state index < -0.39 is 0 Å². The highest BCUT2D eigenvalue weighted by atomic mass is 19.1. The Balaban J connectivity index is 1.88. The molecule has 1 N–H and O–H groups in total. The molecule has 1 aromatic carbocycles. The maximum absolute atomic E-state index is 13.1. The largest absolute Gasteiger partial charge is 0.346 e. The van der Waals surface area contributed by atoms with Crippen LogP contribution >= 0.6 is 0 Å². The molecule has 98 valence electrons. The number of nitrogens with one attached hydrogen (secondary N) is 1. The average Bonchev–Trinajstić information content (AvgIpc) is 2.70. The van der Waals surface area contributed by atoms with E-state index in [4.69, 9.17) is 0 Å². The molecule has 1 aromatic heterocycles. The van der Waals surface area contributed by atoms with E-state index in [2.05, 4.69) is 23.7 Å². The van der Waals surface area contributed by atoms with Crippen LogP contribution in [0.25, 0.3) is 10.9 Å². The lowest BCUT2D eigenvalue weighted by Gasteiger charge is -2.08. The van der Waals surface area contributed by atoms with Gasteiger partial charge in [0.15, 0.2) is 0 Å². The number of nitrogens with zero attached hydrogens (tertiary/aromatic N) is 1. The van der Waals surface area contributed by atoms with Gasteiger partial charge in [0, 0.05) is 30.2 Å². The van der Waals surface area contributed by atoms with Crippen molar-refractivity contribution in [1.29, 1.82) is 0 Å². The van der Waals surface area contributed by atoms with Crippen molar-refractivity contribution in [3.8, 4) is 0 Å². The quantitative estimate of drug-likeness (QED) is 0.775. The highest BCUT2D eigenvalue weighted by molar-refractivity contribution is 5.80. The highest BCUT2D eigenvalue weighted by Gasteiger charge is 2.01. The van der Waals surface area contributed by atoms with Crippen molar-refractivity contribution >= 4 is 10.9 Å². The Hall–Kier alpha value is -1.35. The normalized spacial score (nSPS) is 11.6. The fraction of sp³-hybridized carbons (Fsp3) is 0.467. The van der Waals surface area contributed by atoms with Gasteiger partial charge < -0.3 is 9.88 Å². The molecule has 0 saturated carbocycles. The third-order valence-electron chi connectivity index (χ3n) is 3.16. The van der Waals surface area contributed by atoms with Crippen molar-refractivity contribution in [3.05, 3.63) is 36.3 Å². The van der Waals surface area contributed by atoms with E-state index in [9.17, 15) is 4.39 Å². The lowest BCUT2D eigenvalue weighted by molar-refractivity contribution is 0.522. The van der Waals surface area contributed by atoms with E-state index in [1.54, 1.807) is 6.07 Å². The van der Waals surface area contributed by atoms with Gasteiger partial charge in [-0.3, -0.25) is 0 Å². The third-order valence-corrected chi connectivity index (χ3v) is 3.16. The molecular formula is C15H21FN2. The Morgan fingerprint density at radius 3 is 2.83 bits per heavy atom. The molecule has 0 atom stereocenters. The number of hydrogen-bond donors (Lipinski definition) is 1. The predicted molar refractivity (Wildman–Crippen MR) is 74.2 cm³/mol. The number of aromatic nitrogens is 1. The van der Waals surface area contributed by atoms with Crippen LogP contribution in [0.3, 0.4) is 0 Å². The molecule has 0 bridgehead atoms. The van der Waals surface area contributed by atoms with Crippen molar-refractivity contribution in [3.63, 3.8) is 0 Å². The van der Waals surface area contributed by atoms with E-state index in [1.165, 1.54) is 12.5 Å². The summed E-state index contributed by atoms with van der Waals surface area (Å²) in [5.74, 6) is 0.572. The first kappa shape index (κ1) is 13.1. The summed E-state index contributed by atoms with van der Waals surface area (Å²) in [5.41, 5.74) is 1.10. The van der Waals surface area contributed by atoms with Crippen molar-refractivity contribution in [2.75, 3.05) is 13.1 Å². The van der Waals surface area contributed by atoms with Crippen molar-refractivity contribution in [2.45, 2.75) is 26.8 Å². The number of halogens is 1. The summed E-state index contributed by atoms with van der Waals surface area (Å²) in [7, 11) is 0. The molecule has 0 fully saturated rings. The molecular weight excluding hydrogens is 227 g/mol. The van der Waals surface area contributed by atoms with Gasteiger partial charge in [-0.1, -0.05) is 13.8 Å². The molecule has 0 amide bonds. The van der Waals surface area contributed by atoms with Crippen LogP contribution in [-0.2, 0) is 6.54 Å². The van der Waals surface area contributed by atoms with Crippen LogP contribution in [0.5, 0.6) is 0 Å². The minimum absolute atomic E-state index is 0.171. The highest BCUT2D eigenvalue weighted by Crippen LogP contribution is 2.16. The van der Waals surface area contributed by atoms with Gasteiger partial charge in [-0.15, -0.1) is 0 Å². The second kappa shape index (κ2) is 6.01. The van der Waals surface area contributed by atoms with Gasteiger partial charge in [-0.2, -0.15) is 0 Å². The second-order valence-corrected chi connectivity index (χ2v) is 5.14. The first-order valence-corrected chi connectivity index (χ1v) is 6.62. The van der Waals surface area contributed by atoms with E-state index in [-0.39, 0.29) is 5.82 Å². The lowest BCUT2D eigenvalue weighted by atomic mass is 10.1. The molecule has 0 radical (unpaired) electrons. The molecule has 18 heavy (non-hydrogen) atoms. The molecule has 0 aliphatic carbocycles. The van der Waals surface area contributed by atoms with Crippen LogP contribution in [0, 0.1) is 11.7 Å². The zero-order valence-electron chi connectivity index (χ0n) is 11.1. The molecule has 1 heterocycles. The molecule has 2 aromatic rings. The lowest BCUT2D eigenvalue weighted by Crippen LogP contribution is -2.21. The maximum atomic E-state index is 13.1. The van der Waals surface area contributed by atoms with Gasteiger partial charge >= 0.3 is 0 Å². The van der Waals surface area contributed by atoms with Gasteiger partial charge in [0.05, 0.1) is 0 Å². The first-order chi connectivity index (χ1) is 8.66. The third kappa shape index (κ3) is 3.33. The standard InChI is InChI=1S/C15H21FN2/c1-12(2)5-7-17-8-10-18-9-6-13-11-14(16)3-4-15(13)18/h3-4,6,9,11-12,17H,5,7-8,10H2,1-2H3. The molecule has 0 unspecified atom stereocenters. The summed E-state index contributed by atoms with van der Waals surface area (Å²) in [6, 6.07) is 6.91. The van der Waals surface area contributed by atoms with E-state index in [0.29, 0.717) is 0 Å². The van der Waals surface area contributed by atoms with E-state index >= 15 is 0 Å². The Kier molecular flexibility index (Phi) is 4.37. The minimum atomic E-state index is -0.171. The first-order valence-electron chi connectivity index (χ1n) is 6.62. The van der Waals surface area contributed by atoms with Crippen molar-refractivity contribution in [1.82, 2.24) is 9.88 Å². The Labute approximate surface area is 108 Å². The van der Waals surface area contributed by atoms with E-state index in [1.807, 2.05) is 18.3 Å². The number of rotatable bonds is 6. The van der Waals surface area contributed by atoms with Gasteiger partial charge in [-0.25, -0.2) is 4.39 Å². The Bertz CT molecular complexity index is 502. The smallest absolute Gasteiger partial charge is 0.123 e. The molecule has 0 aliphatic heterocycles. The monoisotopic (exact) mass is 248 g/mol. The number of fused-ring (bicyclic) bond motifs is 1. The number of hydrogen-bond acceptors (Lipinski definition) is 1. The van der Waals surface area contributed by atoms with Gasteiger partial charge in [0.25, 0.3) is 0 Å². The van der Waals surface area contributed by atoms with Gasteiger partial charge in [0.1, 0.15) is 5.82 Å². The summed E-state index contributed by atoms with van der Waals surface area (Å²) in [6.45, 7) is 7.40. The second-order valence-electron chi connectivity index (χ2n) is 5.14. The van der Waals surface area contributed by atoms with Crippen LogP contribution in [0.15, 0.2) is 30.5 Å². The topological polar surface area (TPSA) is 17.0 Å². The van der Waals surface area contributed by atoms with Crippen LogP contribution < -0.4 is 5.32 Å². The van der Waals surface area contributed by atoms with Gasteiger partial charge in [-0.05, 0) is 43.1 Å². The molecule has 0 aliphatic rings. The summed E-state index contributed by atoms with van der Waals surface area (Å²) in [4.78, 5) is 0. The molecule has 0 spiro atoms. The van der Waals surface area contributed by atoms with Crippen LogP contribution in [0.1, 0.15) is 20.3 Å². The summed E-state index contributed by atoms with van der Waals surface area (Å²) in [6.07, 6.45) is 3.23. The van der Waals surface area contributed by atoms with Crippen LogP contribution in [0.4, 0.5) is 4.39 Å². The molecule has 3 heteroatoms. The van der Waals surface area contributed by atoms with Gasteiger partial charge in [0.2, 0.25) is 0 Å².